The summed E-state index contributed by atoms with van der Waals surface area (Å²) >= 11 is 0. The van der Waals surface area contributed by atoms with Crippen LogP contribution in [-0.4, -0.2) is 104 Å². The van der Waals surface area contributed by atoms with Crippen LogP contribution in [0.25, 0.3) is 0 Å². The van der Waals surface area contributed by atoms with E-state index in [1.54, 1.807) is 21.3 Å². The van der Waals surface area contributed by atoms with Gasteiger partial charge in [-0.3, -0.25) is 4.68 Å². The van der Waals surface area contributed by atoms with Gasteiger partial charge in [-0.15, -0.1) is 5.10 Å². The summed E-state index contributed by atoms with van der Waals surface area (Å²) in [5.41, 5.74) is -0.525. The second-order valence-corrected chi connectivity index (χ2v) is 16.2. The Hall–Kier alpha value is -2.00. The molecule has 10 atom stereocenters. The van der Waals surface area contributed by atoms with Gasteiger partial charge in [0.1, 0.15) is 20.4 Å². The van der Waals surface area contributed by atoms with Gasteiger partial charge in [0, 0.05) is 64.7 Å². The van der Waals surface area contributed by atoms with Crippen LogP contribution in [0.3, 0.4) is 0 Å². The Morgan fingerprint density at radius 1 is 0.940 bits per heavy atom. The van der Waals surface area contributed by atoms with Gasteiger partial charge in [0.05, 0.1) is 47.2 Å². The van der Waals surface area contributed by atoms with Crippen molar-refractivity contribution in [3.8, 4) is 0 Å². The molecule has 0 bridgehead atoms. The van der Waals surface area contributed by atoms with Gasteiger partial charge in [0.15, 0.2) is 5.79 Å². The van der Waals surface area contributed by atoms with Crippen molar-refractivity contribution in [3.63, 3.8) is 0 Å². The fraction of sp³-hybridized carbons (Fsp3) is 0.789. The number of nitrogens with zero attached hydrogens (tertiary/aromatic N) is 3. The first-order valence-corrected chi connectivity index (χ1v) is 18.3. The van der Waals surface area contributed by atoms with Crippen LogP contribution >= 0.6 is 0 Å². The molecule has 5 fully saturated rings. The molecule has 50 heavy (non-hydrogen) atoms. The third kappa shape index (κ3) is 6.06. The second kappa shape index (κ2) is 14.1. The Balaban J connectivity index is 1.25. The molecule has 5 aliphatic rings. The Morgan fingerprint density at radius 2 is 1.70 bits per heavy atom. The summed E-state index contributed by atoms with van der Waals surface area (Å²) < 4.78 is 51.9. The Morgan fingerprint density at radius 3 is 2.46 bits per heavy atom. The number of aromatic nitrogens is 3. The smallest absolute Gasteiger partial charge is 0.163 e. The number of hydrogen-bond donors (Lipinski definition) is 1. The zero-order valence-electron chi connectivity index (χ0n) is 30.7. The van der Waals surface area contributed by atoms with E-state index in [1.807, 2.05) is 24.6 Å². The Kier molecular flexibility index (Phi) is 10.3. The van der Waals surface area contributed by atoms with Crippen LogP contribution in [0.15, 0.2) is 36.5 Å². The second-order valence-electron chi connectivity index (χ2n) is 16.2. The molecule has 1 saturated heterocycles. The summed E-state index contributed by atoms with van der Waals surface area (Å²) in [4.78, 5) is 0. The van der Waals surface area contributed by atoms with Crippen molar-refractivity contribution in [1.29, 1.82) is 0 Å². The number of benzene rings is 1. The summed E-state index contributed by atoms with van der Waals surface area (Å²) in [5.74, 6) is -0.655. The number of fused-ring (bicyclic) bond motifs is 3. The van der Waals surface area contributed by atoms with Gasteiger partial charge in [0.25, 0.3) is 0 Å². The van der Waals surface area contributed by atoms with Crippen LogP contribution in [0.2, 0.25) is 0 Å². The largest absolute Gasteiger partial charge is 0.389 e. The lowest BCUT2D eigenvalue weighted by Gasteiger charge is -2.71. The van der Waals surface area contributed by atoms with Crippen molar-refractivity contribution in [2.24, 2.45) is 28.6 Å². The maximum Gasteiger partial charge on any atom is 0.163 e. The van der Waals surface area contributed by atoms with Crippen LogP contribution in [0.1, 0.15) is 77.0 Å². The van der Waals surface area contributed by atoms with Gasteiger partial charge in [-0.25, -0.2) is 0 Å². The first kappa shape index (κ1) is 36.4. The lowest BCUT2D eigenvalue weighted by atomic mass is 9.40. The number of methoxy groups -OCH3 is 3. The van der Waals surface area contributed by atoms with Gasteiger partial charge >= 0.3 is 0 Å². The lowest BCUT2D eigenvalue weighted by Crippen LogP contribution is -2.78. The zero-order valence-corrected chi connectivity index (χ0v) is 30.7. The molecule has 12 heteroatoms. The maximum absolute atomic E-state index is 13.0. The minimum absolute atomic E-state index is 0.0419. The first-order chi connectivity index (χ1) is 24.0. The Labute approximate surface area is 296 Å². The van der Waals surface area contributed by atoms with E-state index in [1.165, 1.54) is 5.56 Å². The van der Waals surface area contributed by atoms with E-state index in [-0.39, 0.29) is 61.9 Å². The van der Waals surface area contributed by atoms with E-state index < -0.39 is 22.4 Å². The quantitative estimate of drug-likeness (QED) is 0.292. The minimum atomic E-state index is -1.11. The average Bonchev–Trinajstić information content (AvgIpc) is 3.65. The molecule has 7 rings (SSSR count). The molecule has 4 aliphatic carbocycles. The summed E-state index contributed by atoms with van der Waals surface area (Å²) in [7, 11) is 4.98. The molecule has 2 unspecified atom stereocenters. The summed E-state index contributed by atoms with van der Waals surface area (Å²) in [6.07, 6.45) is 7.04. The molecular formula is C38H57N3O9. The highest BCUT2D eigenvalue weighted by Crippen LogP contribution is 2.72. The maximum atomic E-state index is 13.0. The number of ether oxygens (including phenoxy) is 8. The molecule has 278 valence electrons. The normalized spacial score (nSPS) is 40.5. The molecule has 2 heterocycles. The van der Waals surface area contributed by atoms with E-state index in [4.69, 9.17) is 37.9 Å². The van der Waals surface area contributed by atoms with Crippen molar-refractivity contribution < 1.29 is 43.0 Å². The van der Waals surface area contributed by atoms with Crippen molar-refractivity contribution in [3.05, 3.63) is 47.8 Å². The highest BCUT2D eigenvalue weighted by atomic mass is 16.7. The van der Waals surface area contributed by atoms with Crippen LogP contribution < -0.4 is 0 Å². The van der Waals surface area contributed by atoms with E-state index >= 15 is 0 Å². The number of aliphatic hydroxyl groups is 1. The minimum Gasteiger partial charge on any atom is -0.389 e. The average molecular weight is 700 g/mol. The lowest BCUT2D eigenvalue weighted by molar-refractivity contribution is -0.409. The highest BCUT2D eigenvalue weighted by molar-refractivity contribution is 5.26. The summed E-state index contributed by atoms with van der Waals surface area (Å²) in [6, 6.07) is 10.4. The van der Waals surface area contributed by atoms with E-state index in [9.17, 15) is 5.11 Å². The fourth-order valence-corrected chi connectivity index (χ4v) is 11.2. The van der Waals surface area contributed by atoms with Gasteiger partial charge in [0.2, 0.25) is 0 Å². The van der Waals surface area contributed by atoms with Crippen LogP contribution in [0.5, 0.6) is 0 Å². The topological polar surface area (TPSA) is 125 Å². The van der Waals surface area contributed by atoms with Gasteiger partial charge in [-0.05, 0) is 63.4 Å². The summed E-state index contributed by atoms with van der Waals surface area (Å²) in [5, 5.41) is 22.1. The van der Waals surface area contributed by atoms with Crippen LogP contribution in [-0.2, 0) is 50.9 Å². The molecule has 1 aromatic heterocycles. The molecule has 1 spiro atoms. The van der Waals surface area contributed by atoms with Gasteiger partial charge in [-0.1, -0.05) is 42.5 Å². The van der Waals surface area contributed by atoms with Crippen molar-refractivity contribution in [2.75, 3.05) is 48.3 Å². The third-order valence-electron chi connectivity index (χ3n) is 13.3. The fourth-order valence-electron chi connectivity index (χ4n) is 11.2. The van der Waals surface area contributed by atoms with Crippen molar-refractivity contribution in [1.82, 2.24) is 15.0 Å². The predicted molar refractivity (Wildman–Crippen MR) is 182 cm³/mol. The standard InChI is InChI=1S/C38H57N3O9/c1-34(2)48-22-37-32(50-34)17-29(46-23-43-4)18-36(37,42)14-13-30-33(37)31(47-24-44-5)19-35(3)27(12-15-38(30,35)49-25-45-6)20-41-21-28(39-40-41)16-26-10-8-7-9-11-26/h7-11,21,27,29-33,42H,12-20,22-25H2,1-6H3/t27-,29+,30?,31-,32-,33?,35-,36+,37-,38+/m1/s1. The van der Waals surface area contributed by atoms with Crippen LogP contribution in [0.4, 0.5) is 0 Å². The molecular weight excluding hydrogens is 642 g/mol. The monoisotopic (exact) mass is 699 g/mol. The molecule has 4 saturated carbocycles. The highest BCUT2D eigenvalue weighted by Gasteiger charge is 2.77. The van der Waals surface area contributed by atoms with Gasteiger partial charge in [-0.2, -0.15) is 0 Å². The number of rotatable bonds is 13. The van der Waals surface area contributed by atoms with Gasteiger partial charge < -0.3 is 43.0 Å². The SMILES string of the molecule is COCO[C@H]1C[C@H]2OC(C)(C)OC[C@]23C2C(CC[C@]3(O)C1)[C@@]1(OCOC)CC[C@H](Cn3cc(Cc4ccccc4)nn3)[C@@]1(C)C[C@H]2OCOC. The number of hydrogen-bond acceptors (Lipinski definition) is 11. The predicted octanol–water partition coefficient (Wildman–Crippen LogP) is 4.72. The molecule has 1 aromatic carbocycles. The van der Waals surface area contributed by atoms with E-state index in [0.29, 0.717) is 25.9 Å². The Bertz CT molecular complexity index is 1440. The molecule has 2 aromatic rings. The molecule has 12 nitrogen and oxygen atoms in total. The molecule has 1 aliphatic heterocycles. The van der Waals surface area contributed by atoms with Crippen molar-refractivity contribution in [2.45, 2.75) is 114 Å². The zero-order chi connectivity index (χ0) is 35.2. The third-order valence-corrected chi connectivity index (χ3v) is 13.3. The molecule has 1 N–H and O–H groups in total. The molecule has 0 amide bonds. The van der Waals surface area contributed by atoms with Crippen molar-refractivity contribution >= 4 is 0 Å². The molecule has 0 radical (unpaired) electrons. The summed E-state index contributed by atoms with van der Waals surface area (Å²) in [6.45, 7) is 7.87. The van der Waals surface area contributed by atoms with E-state index in [0.717, 1.165) is 44.3 Å². The first-order valence-electron chi connectivity index (χ1n) is 18.3. The van der Waals surface area contributed by atoms with E-state index in [2.05, 4.69) is 47.7 Å². The van der Waals surface area contributed by atoms with Crippen LogP contribution in [0, 0.1) is 28.6 Å².